The third kappa shape index (κ3) is 3.91. The fourth-order valence-electron chi connectivity index (χ4n) is 9.03. The number of nitrogens with zero attached hydrogens (tertiary/aromatic N) is 3. The number of hydrogen-bond acceptors (Lipinski definition) is 3. The van der Waals surface area contributed by atoms with Crippen LogP contribution in [0.2, 0.25) is 13.1 Å². The first-order valence-corrected chi connectivity index (χ1v) is 20.6. The third-order valence-electron chi connectivity index (χ3n) is 11.2. The zero-order valence-electron chi connectivity index (χ0n) is 28.3. The smallest absolute Gasteiger partial charge is 0.114 e. The summed E-state index contributed by atoms with van der Waals surface area (Å²) in [5, 5.41) is 13.6. The second-order valence-corrected chi connectivity index (χ2v) is 18.6. The Morgan fingerprint density at radius 3 is 1.80 bits per heavy atom. The monoisotopic (exact) mass is 665 g/mol. The van der Waals surface area contributed by atoms with Crippen molar-refractivity contribution in [3.63, 3.8) is 0 Å². The molecule has 0 unspecified atom stereocenters. The summed E-state index contributed by atoms with van der Waals surface area (Å²) < 4.78 is 0. The molecule has 0 atom stereocenters. The molecule has 0 saturated heterocycles. The Bertz CT molecular complexity index is 3070. The number of aromatic nitrogens is 3. The van der Waals surface area contributed by atoms with Gasteiger partial charge in [-0.3, -0.25) is 4.98 Å². The Kier molecular flexibility index (Phi) is 5.83. The molecule has 4 heterocycles. The summed E-state index contributed by atoms with van der Waals surface area (Å²) in [5.41, 5.74) is 9.93. The molecule has 11 rings (SSSR count). The Labute approximate surface area is 295 Å². The Hall–Kier alpha value is -6.23. The molecule has 0 fully saturated rings. The van der Waals surface area contributed by atoms with E-state index in [1.165, 1.54) is 48.4 Å². The lowest BCUT2D eigenvalue weighted by molar-refractivity contribution is 1.38. The molecular formula is C47H31N3Si. The van der Waals surface area contributed by atoms with Crippen LogP contribution in [-0.4, -0.2) is 23.0 Å². The van der Waals surface area contributed by atoms with E-state index in [1.807, 2.05) is 12.3 Å². The number of rotatable bonds is 2. The summed E-state index contributed by atoms with van der Waals surface area (Å²) in [6.45, 7) is 5.00. The molecule has 4 heteroatoms. The lowest BCUT2D eigenvalue weighted by Gasteiger charge is -2.23. The predicted molar refractivity (Wildman–Crippen MR) is 218 cm³/mol. The zero-order valence-corrected chi connectivity index (χ0v) is 29.3. The Morgan fingerprint density at radius 1 is 0.451 bits per heavy atom. The largest absolute Gasteiger partial charge is 0.254 e. The van der Waals surface area contributed by atoms with Crippen LogP contribution in [0.1, 0.15) is 0 Å². The van der Waals surface area contributed by atoms with Crippen LogP contribution in [0.4, 0.5) is 0 Å². The average Bonchev–Trinajstić information content (AvgIpc) is 3.42. The lowest BCUT2D eigenvalue weighted by atomic mass is 9.87. The van der Waals surface area contributed by atoms with Crippen molar-refractivity contribution in [2.75, 3.05) is 0 Å². The highest BCUT2D eigenvalue weighted by atomic mass is 28.3. The van der Waals surface area contributed by atoms with E-state index in [9.17, 15) is 0 Å². The maximum Gasteiger partial charge on any atom is 0.114 e. The summed E-state index contributed by atoms with van der Waals surface area (Å²) in [5.74, 6) is 0. The number of fused-ring (bicyclic) bond motifs is 12. The van der Waals surface area contributed by atoms with E-state index in [-0.39, 0.29) is 0 Å². The molecular weight excluding hydrogens is 635 g/mol. The first-order valence-electron chi connectivity index (χ1n) is 17.6. The van der Waals surface area contributed by atoms with Crippen LogP contribution in [-0.2, 0) is 0 Å². The second kappa shape index (κ2) is 10.4. The van der Waals surface area contributed by atoms with Crippen molar-refractivity contribution in [3.05, 3.63) is 152 Å². The standard InChI is InChI=1S/C47H31N3Si/c1-51(2)40-20-10-9-13-30(40)37-24-26-39-43(47(37)51)35-18-7-8-19-36(35)46(50-39)42-33-16-5-3-14-31(33)41(32-15-4-6-17-34(32)42)38-25-23-29-22-21-28-12-11-27-48-44(28)45(29)49-38/h3-27H,1-2H3. The van der Waals surface area contributed by atoms with E-state index in [4.69, 9.17) is 15.0 Å². The number of benzene rings is 7. The van der Waals surface area contributed by atoms with E-state index in [2.05, 4.69) is 153 Å². The second-order valence-electron chi connectivity index (χ2n) is 14.3. The van der Waals surface area contributed by atoms with Crippen molar-refractivity contribution < 1.29 is 0 Å². The van der Waals surface area contributed by atoms with Crippen molar-refractivity contribution >= 4 is 83.5 Å². The minimum Gasteiger partial charge on any atom is -0.254 e. The normalized spacial score (nSPS) is 13.5. The molecule has 3 nitrogen and oxygen atoms in total. The van der Waals surface area contributed by atoms with Gasteiger partial charge < -0.3 is 0 Å². The van der Waals surface area contributed by atoms with E-state index >= 15 is 0 Å². The van der Waals surface area contributed by atoms with E-state index < -0.39 is 8.07 Å². The fraction of sp³-hybridized carbons (Fsp3) is 0.0426. The molecule has 0 radical (unpaired) electrons. The minimum atomic E-state index is -1.98. The highest BCUT2D eigenvalue weighted by Crippen LogP contribution is 2.46. The molecule has 0 bridgehead atoms. The summed E-state index contributed by atoms with van der Waals surface area (Å²) >= 11 is 0. The van der Waals surface area contributed by atoms with Crippen LogP contribution in [0.5, 0.6) is 0 Å². The first-order chi connectivity index (χ1) is 25.1. The SMILES string of the molecule is C[Si]1(C)c2ccccc2-c2ccc3nc(-c4c5ccccc5c(-c5ccc6ccc7cccnc7c6n5)c5ccccc45)c4ccccc4c3c21. The summed E-state index contributed by atoms with van der Waals surface area (Å²) in [7, 11) is -1.98. The van der Waals surface area contributed by atoms with Crippen LogP contribution < -0.4 is 10.4 Å². The van der Waals surface area contributed by atoms with Crippen molar-refractivity contribution in [1.29, 1.82) is 0 Å². The number of pyridine rings is 3. The molecule has 1 aliphatic heterocycles. The van der Waals surface area contributed by atoms with Crippen LogP contribution >= 0.6 is 0 Å². The van der Waals surface area contributed by atoms with Crippen LogP contribution in [0.15, 0.2) is 152 Å². The maximum absolute atomic E-state index is 5.66. The topological polar surface area (TPSA) is 38.7 Å². The van der Waals surface area contributed by atoms with Gasteiger partial charge in [-0.15, -0.1) is 0 Å². The lowest BCUT2D eigenvalue weighted by Crippen LogP contribution is -2.49. The number of hydrogen-bond donors (Lipinski definition) is 0. The van der Waals surface area contributed by atoms with Gasteiger partial charge in [-0.05, 0) is 66.6 Å². The van der Waals surface area contributed by atoms with Gasteiger partial charge in [0.15, 0.2) is 0 Å². The molecule has 0 spiro atoms. The van der Waals surface area contributed by atoms with Gasteiger partial charge in [-0.1, -0.05) is 140 Å². The molecule has 7 aromatic carbocycles. The van der Waals surface area contributed by atoms with E-state index in [0.717, 1.165) is 60.6 Å². The average molecular weight is 666 g/mol. The van der Waals surface area contributed by atoms with Gasteiger partial charge >= 0.3 is 0 Å². The molecule has 238 valence electrons. The van der Waals surface area contributed by atoms with Crippen LogP contribution in [0, 0.1) is 0 Å². The minimum absolute atomic E-state index is 0.922. The van der Waals surface area contributed by atoms with Gasteiger partial charge in [0, 0.05) is 38.9 Å². The van der Waals surface area contributed by atoms with Gasteiger partial charge in [-0.2, -0.15) is 0 Å². The fourth-order valence-corrected chi connectivity index (χ4v) is 12.5. The first kappa shape index (κ1) is 28.6. The van der Waals surface area contributed by atoms with Gasteiger partial charge in [0.2, 0.25) is 0 Å². The van der Waals surface area contributed by atoms with Crippen LogP contribution in [0.25, 0.3) is 98.7 Å². The van der Waals surface area contributed by atoms with Crippen LogP contribution in [0.3, 0.4) is 0 Å². The summed E-state index contributed by atoms with van der Waals surface area (Å²) in [4.78, 5) is 15.8. The van der Waals surface area contributed by atoms with Crippen molar-refractivity contribution in [1.82, 2.24) is 15.0 Å². The van der Waals surface area contributed by atoms with E-state index in [1.54, 1.807) is 0 Å². The van der Waals surface area contributed by atoms with Crippen molar-refractivity contribution in [2.45, 2.75) is 13.1 Å². The molecule has 1 aliphatic rings. The maximum atomic E-state index is 5.66. The predicted octanol–water partition coefficient (Wildman–Crippen LogP) is 10.9. The molecule has 0 N–H and O–H groups in total. The quantitative estimate of drug-likeness (QED) is 0.105. The molecule has 0 amide bonds. The van der Waals surface area contributed by atoms with E-state index in [0.29, 0.717) is 0 Å². The van der Waals surface area contributed by atoms with Gasteiger partial charge in [0.05, 0.1) is 27.9 Å². The zero-order chi connectivity index (χ0) is 33.8. The molecule has 51 heavy (non-hydrogen) atoms. The van der Waals surface area contributed by atoms with Crippen molar-refractivity contribution in [2.24, 2.45) is 0 Å². The van der Waals surface area contributed by atoms with Crippen molar-refractivity contribution in [3.8, 4) is 33.6 Å². The molecule has 0 aliphatic carbocycles. The molecule has 3 aromatic heterocycles. The third-order valence-corrected chi connectivity index (χ3v) is 14.8. The van der Waals surface area contributed by atoms with Gasteiger partial charge in [0.25, 0.3) is 0 Å². The summed E-state index contributed by atoms with van der Waals surface area (Å²) in [6.07, 6.45) is 1.85. The highest BCUT2D eigenvalue weighted by Gasteiger charge is 2.39. The Balaban J connectivity index is 1.24. The van der Waals surface area contributed by atoms with Gasteiger partial charge in [-0.25, -0.2) is 9.97 Å². The van der Waals surface area contributed by atoms with Gasteiger partial charge in [0.1, 0.15) is 8.07 Å². The highest BCUT2D eigenvalue weighted by molar-refractivity contribution is 7.05. The molecule has 10 aromatic rings. The Morgan fingerprint density at radius 2 is 1.06 bits per heavy atom. The summed E-state index contributed by atoms with van der Waals surface area (Å²) in [6, 6.07) is 52.8. The molecule has 0 saturated carbocycles.